The predicted octanol–water partition coefficient (Wildman–Crippen LogP) is 6.61. The zero-order chi connectivity index (χ0) is 29.3. The Balaban J connectivity index is 3.64. The fourth-order valence-corrected chi connectivity index (χ4v) is 4.31. The van der Waals surface area contributed by atoms with Crippen LogP contribution in [0.4, 0.5) is 4.79 Å². The SMILES string of the molecule is CCCCCCN(C(=O)C(NC(=O)OC(C)(C)C)C(C)CC)C(C(=O)NC(C)(C)C)c1cc(C)ccc1C. The molecule has 0 aliphatic heterocycles. The second kappa shape index (κ2) is 14.5. The highest BCUT2D eigenvalue weighted by molar-refractivity contribution is 5.92. The summed E-state index contributed by atoms with van der Waals surface area (Å²) in [6.45, 7) is 21.6. The van der Waals surface area contributed by atoms with Gasteiger partial charge in [-0.1, -0.05) is 70.2 Å². The standard InChI is InChI=1S/C31H53N3O4/c1-12-14-15-16-19-34(28(36)25(22(4)13-2)32-29(37)38-31(9,10)11)26(27(35)33-30(6,7)8)24-20-21(3)17-18-23(24)5/h17-18,20,22,25-26H,12-16,19H2,1-11H3,(H,32,37)(H,33,35). The number of carbonyl (C=O) groups excluding carboxylic acids is 3. The second-order valence-electron chi connectivity index (χ2n) is 12.6. The number of nitrogens with zero attached hydrogens (tertiary/aromatic N) is 1. The Hall–Kier alpha value is -2.57. The van der Waals surface area contributed by atoms with Crippen molar-refractivity contribution in [2.45, 2.75) is 131 Å². The van der Waals surface area contributed by atoms with E-state index in [-0.39, 0.29) is 17.7 Å². The summed E-state index contributed by atoms with van der Waals surface area (Å²) in [5, 5.41) is 5.95. The number of benzene rings is 1. The third kappa shape index (κ3) is 11.0. The van der Waals surface area contributed by atoms with Crippen molar-refractivity contribution < 1.29 is 19.1 Å². The fraction of sp³-hybridized carbons (Fsp3) is 0.710. The molecule has 38 heavy (non-hydrogen) atoms. The van der Waals surface area contributed by atoms with Crippen molar-refractivity contribution in [3.63, 3.8) is 0 Å². The number of aryl methyl sites for hydroxylation is 2. The van der Waals surface area contributed by atoms with Gasteiger partial charge in [-0.05, 0) is 78.9 Å². The maximum Gasteiger partial charge on any atom is 0.408 e. The minimum Gasteiger partial charge on any atom is -0.444 e. The number of nitrogens with one attached hydrogen (secondary N) is 2. The van der Waals surface area contributed by atoms with E-state index in [4.69, 9.17) is 4.74 Å². The van der Waals surface area contributed by atoms with Crippen LogP contribution in [0.5, 0.6) is 0 Å². The Bertz CT molecular complexity index is 930. The number of ether oxygens (including phenoxy) is 1. The van der Waals surface area contributed by atoms with Gasteiger partial charge in [0.05, 0.1) is 0 Å². The summed E-state index contributed by atoms with van der Waals surface area (Å²) < 4.78 is 5.50. The first-order chi connectivity index (χ1) is 17.5. The summed E-state index contributed by atoms with van der Waals surface area (Å²) in [5.41, 5.74) is 1.59. The van der Waals surface area contributed by atoms with Crippen molar-refractivity contribution >= 4 is 17.9 Å². The van der Waals surface area contributed by atoms with Crippen LogP contribution in [-0.2, 0) is 14.3 Å². The Labute approximate surface area is 231 Å². The lowest BCUT2D eigenvalue weighted by molar-refractivity contribution is -0.144. The molecule has 0 fully saturated rings. The molecule has 0 aliphatic rings. The van der Waals surface area contributed by atoms with E-state index in [1.807, 2.05) is 66.7 Å². The van der Waals surface area contributed by atoms with Crippen LogP contribution in [0.25, 0.3) is 0 Å². The summed E-state index contributed by atoms with van der Waals surface area (Å²) in [6.07, 6.45) is 3.88. The average Bonchev–Trinajstić information content (AvgIpc) is 2.78. The summed E-state index contributed by atoms with van der Waals surface area (Å²) in [7, 11) is 0. The summed E-state index contributed by atoms with van der Waals surface area (Å²) in [6, 6.07) is 4.35. The zero-order valence-corrected chi connectivity index (χ0v) is 25.8. The van der Waals surface area contributed by atoms with Gasteiger partial charge in [0.25, 0.3) is 0 Å². The van der Waals surface area contributed by atoms with E-state index in [1.54, 1.807) is 25.7 Å². The number of carbonyl (C=O) groups is 3. The molecule has 3 amide bonds. The molecule has 0 heterocycles. The van der Waals surface area contributed by atoms with Gasteiger partial charge in [-0.25, -0.2) is 4.79 Å². The zero-order valence-electron chi connectivity index (χ0n) is 25.8. The first-order valence-electron chi connectivity index (χ1n) is 14.2. The van der Waals surface area contributed by atoms with E-state index in [2.05, 4.69) is 17.6 Å². The summed E-state index contributed by atoms with van der Waals surface area (Å²) in [5.74, 6) is -0.648. The number of rotatable bonds is 12. The molecule has 1 rings (SSSR count). The van der Waals surface area contributed by atoms with E-state index in [9.17, 15) is 14.4 Å². The molecule has 3 unspecified atom stereocenters. The Kier molecular flexibility index (Phi) is 12.8. The lowest BCUT2D eigenvalue weighted by Crippen LogP contribution is -2.56. The molecule has 1 aromatic rings. The summed E-state index contributed by atoms with van der Waals surface area (Å²) >= 11 is 0. The van der Waals surface area contributed by atoms with Gasteiger partial charge in [0.15, 0.2) is 0 Å². The Morgan fingerprint density at radius 3 is 2.13 bits per heavy atom. The first kappa shape index (κ1) is 33.5. The van der Waals surface area contributed by atoms with Gasteiger partial charge in [0.1, 0.15) is 17.7 Å². The van der Waals surface area contributed by atoms with Crippen molar-refractivity contribution in [3.8, 4) is 0 Å². The number of amides is 3. The van der Waals surface area contributed by atoms with Crippen LogP contribution in [0.2, 0.25) is 0 Å². The molecule has 0 aromatic heterocycles. The quantitative estimate of drug-likeness (QED) is 0.297. The predicted molar refractivity (Wildman–Crippen MR) is 155 cm³/mol. The smallest absolute Gasteiger partial charge is 0.408 e. The van der Waals surface area contributed by atoms with Crippen molar-refractivity contribution in [3.05, 3.63) is 34.9 Å². The van der Waals surface area contributed by atoms with Crippen LogP contribution in [0.15, 0.2) is 18.2 Å². The average molecular weight is 532 g/mol. The molecule has 216 valence electrons. The Morgan fingerprint density at radius 2 is 1.61 bits per heavy atom. The number of unbranched alkanes of at least 4 members (excludes halogenated alkanes) is 3. The third-order valence-electron chi connectivity index (χ3n) is 6.47. The van der Waals surface area contributed by atoms with E-state index >= 15 is 0 Å². The fourth-order valence-electron chi connectivity index (χ4n) is 4.31. The normalized spacial score (nSPS) is 14.3. The molecule has 0 bridgehead atoms. The molecule has 3 atom stereocenters. The lowest BCUT2D eigenvalue weighted by atomic mass is 9.92. The molecule has 0 radical (unpaired) electrons. The van der Waals surface area contributed by atoms with Gasteiger partial charge in [-0.2, -0.15) is 0 Å². The van der Waals surface area contributed by atoms with Gasteiger partial charge < -0.3 is 20.3 Å². The van der Waals surface area contributed by atoms with Crippen molar-refractivity contribution in [1.29, 1.82) is 0 Å². The van der Waals surface area contributed by atoms with E-state index in [0.717, 1.165) is 42.4 Å². The molecule has 0 aliphatic carbocycles. The highest BCUT2D eigenvalue weighted by Gasteiger charge is 2.39. The van der Waals surface area contributed by atoms with Gasteiger partial charge in [0.2, 0.25) is 11.8 Å². The van der Waals surface area contributed by atoms with Crippen LogP contribution in [0.1, 0.15) is 117 Å². The van der Waals surface area contributed by atoms with E-state index < -0.39 is 29.3 Å². The van der Waals surface area contributed by atoms with Crippen LogP contribution >= 0.6 is 0 Å². The molecule has 7 nitrogen and oxygen atoms in total. The molecule has 1 aromatic carbocycles. The maximum absolute atomic E-state index is 14.4. The highest BCUT2D eigenvalue weighted by atomic mass is 16.6. The molecule has 2 N–H and O–H groups in total. The highest BCUT2D eigenvalue weighted by Crippen LogP contribution is 2.29. The minimum absolute atomic E-state index is 0.155. The van der Waals surface area contributed by atoms with Crippen LogP contribution in [0.3, 0.4) is 0 Å². The van der Waals surface area contributed by atoms with Crippen molar-refractivity contribution in [2.24, 2.45) is 5.92 Å². The van der Waals surface area contributed by atoms with E-state index in [1.165, 1.54) is 0 Å². The molecule has 0 saturated heterocycles. The third-order valence-corrected chi connectivity index (χ3v) is 6.47. The van der Waals surface area contributed by atoms with Gasteiger partial charge in [0, 0.05) is 12.1 Å². The lowest BCUT2D eigenvalue weighted by Gasteiger charge is -2.38. The summed E-state index contributed by atoms with van der Waals surface area (Å²) in [4.78, 5) is 42.8. The monoisotopic (exact) mass is 531 g/mol. The second-order valence-corrected chi connectivity index (χ2v) is 12.6. The van der Waals surface area contributed by atoms with Gasteiger partial charge in [-0.15, -0.1) is 0 Å². The van der Waals surface area contributed by atoms with Crippen molar-refractivity contribution in [2.75, 3.05) is 6.54 Å². The molecule has 7 heteroatoms. The molecule has 0 saturated carbocycles. The van der Waals surface area contributed by atoms with Crippen LogP contribution in [-0.4, -0.2) is 46.5 Å². The van der Waals surface area contributed by atoms with Gasteiger partial charge >= 0.3 is 6.09 Å². The number of hydrogen-bond acceptors (Lipinski definition) is 4. The Morgan fingerprint density at radius 1 is 0.974 bits per heavy atom. The van der Waals surface area contributed by atoms with Crippen LogP contribution in [0, 0.1) is 19.8 Å². The van der Waals surface area contributed by atoms with Crippen LogP contribution < -0.4 is 10.6 Å². The van der Waals surface area contributed by atoms with Crippen molar-refractivity contribution in [1.82, 2.24) is 15.5 Å². The maximum atomic E-state index is 14.4. The molecule has 0 spiro atoms. The first-order valence-corrected chi connectivity index (χ1v) is 14.2. The minimum atomic E-state index is -0.824. The molecular formula is C31H53N3O4. The van der Waals surface area contributed by atoms with Gasteiger partial charge in [-0.3, -0.25) is 9.59 Å². The van der Waals surface area contributed by atoms with E-state index in [0.29, 0.717) is 13.0 Å². The largest absolute Gasteiger partial charge is 0.444 e. The molecular weight excluding hydrogens is 478 g/mol. The topological polar surface area (TPSA) is 87.7 Å². The number of alkyl carbamates (subject to hydrolysis) is 1. The number of hydrogen-bond donors (Lipinski definition) is 2.